The maximum Gasteiger partial charge on any atom is 0.193 e. The number of aliphatic imine (C=N–C) groups is 1. The molecule has 1 N–H and O–H groups in total. The van der Waals surface area contributed by atoms with Gasteiger partial charge in [-0.15, -0.1) is 24.0 Å². The highest BCUT2D eigenvalue weighted by Gasteiger charge is 2.34. The Morgan fingerprint density at radius 1 is 1.28 bits per heavy atom. The molecule has 0 aromatic carbocycles. The predicted molar refractivity (Wildman–Crippen MR) is 90.8 cm³/mol. The van der Waals surface area contributed by atoms with Crippen molar-refractivity contribution in [3.05, 3.63) is 0 Å². The Hall–Kier alpha value is 0. The third-order valence-corrected chi connectivity index (χ3v) is 3.76. The van der Waals surface area contributed by atoms with E-state index in [0.717, 1.165) is 18.4 Å². The minimum absolute atomic E-state index is 0. The van der Waals surface area contributed by atoms with Crippen molar-refractivity contribution in [3.8, 4) is 0 Å². The van der Waals surface area contributed by atoms with E-state index in [0.29, 0.717) is 5.41 Å². The minimum atomic E-state index is 0. The number of hydrogen-bond acceptors (Lipinski definition) is 1. The van der Waals surface area contributed by atoms with Crippen LogP contribution in [0.3, 0.4) is 0 Å². The quantitative estimate of drug-likeness (QED) is 0.469. The molecule has 1 aliphatic carbocycles. The Morgan fingerprint density at radius 2 is 1.83 bits per heavy atom. The monoisotopic (exact) mass is 367 g/mol. The summed E-state index contributed by atoms with van der Waals surface area (Å²) in [5, 5.41) is 3.53. The van der Waals surface area contributed by atoms with Gasteiger partial charge >= 0.3 is 0 Å². The standard InChI is InChI=1S/C14H29N3.HI/c1-12(2)10-14(8-6-7-9-14)11-16-13(15-3)17(4)5;/h12H,6-11H2,1-5H3,(H,15,16);1H. The van der Waals surface area contributed by atoms with E-state index in [1.165, 1.54) is 32.1 Å². The second-order valence-corrected chi connectivity index (χ2v) is 6.10. The zero-order valence-corrected chi connectivity index (χ0v) is 15.0. The van der Waals surface area contributed by atoms with Gasteiger partial charge in [0.2, 0.25) is 0 Å². The van der Waals surface area contributed by atoms with Gasteiger partial charge < -0.3 is 10.2 Å². The van der Waals surface area contributed by atoms with Crippen LogP contribution in [0, 0.1) is 11.3 Å². The van der Waals surface area contributed by atoms with Gasteiger partial charge in [-0.25, -0.2) is 0 Å². The van der Waals surface area contributed by atoms with E-state index < -0.39 is 0 Å². The first-order chi connectivity index (χ1) is 7.99. The highest BCUT2D eigenvalue weighted by molar-refractivity contribution is 14.0. The van der Waals surface area contributed by atoms with E-state index in [1.807, 2.05) is 21.1 Å². The first kappa shape index (κ1) is 18.0. The van der Waals surface area contributed by atoms with E-state index in [1.54, 1.807) is 0 Å². The molecule has 0 heterocycles. The van der Waals surface area contributed by atoms with Crippen molar-refractivity contribution in [2.75, 3.05) is 27.7 Å². The maximum absolute atomic E-state index is 4.29. The summed E-state index contributed by atoms with van der Waals surface area (Å²) in [6.45, 7) is 5.75. The van der Waals surface area contributed by atoms with Crippen molar-refractivity contribution < 1.29 is 0 Å². The van der Waals surface area contributed by atoms with E-state index in [9.17, 15) is 0 Å². The second-order valence-electron chi connectivity index (χ2n) is 6.10. The summed E-state index contributed by atoms with van der Waals surface area (Å²) in [5.74, 6) is 1.79. The Bertz CT molecular complexity index is 256. The highest BCUT2D eigenvalue weighted by atomic mass is 127. The molecule has 0 radical (unpaired) electrons. The molecule has 18 heavy (non-hydrogen) atoms. The second kappa shape index (κ2) is 8.23. The molecule has 1 rings (SSSR count). The van der Waals surface area contributed by atoms with Gasteiger partial charge in [-0.05, 0) is 30.6 Å². The van der Waals surface area contributed by atoms with Gasteiger partial charge in [0.15, 0.2) is 5.96 Å². The summed E-state index contributed by atoms with van der Waals surface area (Å²) in [4.78, 5) is 6.34. The fraction of sp³-hybridized carbons (Fsp3) is 0.929. The molecule has 3 nitrogen and oxygen atoms in total. The van der Waals surface area contributed by atoms with E-state index in [-0.39, 0.29) is 24.0 Å². The maximum atomic E-state index is 4.29. The molecule has 0 bridgehead atoms. The van der Waals surface area contributed by atoms with E-state index in [2.05, 4.69) is 29.1 Å². The van der Waals surface area contributed by atoms with Crippen molar-refractivity contribution in [3.63, 3.8) is 0 Å². The van der Waals surface area contributed by atoms with Crippen molar-refractivity contribution in [1.82, 2.24) is 10.2 Å². The number of guanidine groups is 1. The lowest BCUT2D eigenvalue weighted by atomic mass is 9.78. The molecule has 1 fully saturated rings. The fourth-order valence-electron chi connectivity index (χ4n) is 3.15. The first-order valence-electron chi connectivity index (χ1n) is 6.87. The normalized spacial score (nSPS) is 18.7. The average molecular weight is 367 g/mol. The predicted octanol–water partition coefficient (Wildman–Crippen LogP) is 3.35. The van der Waals surface area contributed by atoms with E-state index in [4.69, 9.17) is 0 Å². The lowest BCUT2D eigenvalue weighted by Gasteiger charge is -2.32. The largest absolute Gasteiger partial charge is 0.356 e. The SMILES string of the molecule is CN=C(NCC1(CC(C)C)CCCC1)N(C)C.I. The van der Waals surface area contributed by atoms with Crippen LogP contribution in [0.4, 0.5) is 0 Å². The van der Waals surface area contributed by atoms with E-state index >= 15 is 0 Å². The molecule has 0 amide bonds. The topological polar surface area (TPSA) is 27.6 Å². The zero-order valence-electron chi connectivity index (χ0n) is 12.6. The molecule has 0 aromatic rings. The third kappa shape index (κ3) is 5.33. The summed E-state index contributed by atoms with van der Waals surface area (Å²) < 4.78 is 0. The van der Waals surface area contributed by atoms with Gasteiger partial charge in [0.25, 0.3) is 0 Å². The Labute approximate surface area is 130 Å². The highest BCUT2D eigenvalue weighted by Crippen LogP contribution is 2.42. The molecular formula is C14H30IN3. The van der Waals surface area contributed by atoms with Gasteiger partial charge in [-0.2, -0.15) is 0 Å². The summed E-state index contributed by atoms with van der Waals surface area (Å²) in [5.41, 5.74) is 0.514. The summed E-state index contributed by atoms with van der Waals surface area (Å²) >= 11 is 0. The van der Waals surface area contributed by atoms with Gasteiger partial charge in [-0.1, -0.05) is 26.7 Å². The van der Waals surface area contributed by atoms with Crippen LogP contribution in [-0.4, -0.2) is 38.5 Å². The fourth-order valence-corrected chi connectivity index (χ4v) is 3.15. The van der Waals surface area contributed by atoms with Crippen LogP contribution in [-0.2, 0) is 0 Å². The van der Waals surface area contributed by atoms with Gasteiger partial charge in [0.1, 0.15) is 0 Å². The van der Waals surface area contributed by atoms with Crippen LogP contribution in [0.5, 0.6) is 0 Å². The lowest BCUT2D eigenvalue weighted by Crippen LogP contribution is -2.42. The Kier molecular flexibility index (Phi) is 8.23. The van der Waals surface area contributed by atoms with Crippen LogP contribution in [0.15, 0.2) is 4.99 Å². The molecule has 0 spiro atoms. The number of rotatable bonds is 4. The van der Waals surface area contributed by atoms with Crippen LogP contribution in [0.1, 0.15) is 46.0 Å². The molecule has 0 aromatic heterocycles. The number of nitrogens with one attached hydrogen (secondary N) is 1. The smallest absolute Gasteiger partial charge is 0.193 e. The first-order valence-corrected chi connectivity index (χ1v) is 6.87. The molecule has 0 unspecified atom stereocenters. The molecule has 4 heteroatoms. The van der Waals surface area contributed by atoms with Crippen LogP contribution >= 0.6 is 24.0 Å². The van der Waals surface area contributed by atoms with Crippen LogP contribution in [0.2, 0.25) is 0 Å². The van der Waals surface area contributed by atoms with Crippen LogP contribution in [0.25, 0.3) is 0 Å². The van der Waals surface area contributed by atoms with Crippen molar-refractivity contribution in [2.45, 2.75) is 46.0 Å². The number of halogens is 1. The Balaban J connectivity index is 0.00000289. The minimum Gasteiger partial charge on any atom is -0.356 e. The third-order valence-electron chi connectivity index (χ3n) is 3.76. The Morgan fingerprint density at radius 3 is 2.22 bits per heavy atom. The lowest BCUT2D eigenvalue weighted by molar-refractivity contribution is 0.233. The molecule has 108 valence electrons. The van der Waals surface area contributed by atoms with Crippen molar-refractivity contribution >= 4 is 29.9 Å². The van der Waals surface area contributed by atoms with Gasteiger partial charge in [0, 0.05) is 27.7 Å². The van der Waals surface area contributed by atoms with Gasteiger partial charge in [0.05, 0.1) is 0 Å². The van der Waals surface area contributed by atoms with Crippen molar-refractivity contribution in [2.24, 2.45) is 16.3 Å². The number of nitrogens with zero attached hydrogens (tertiary/aromatic N) is 2. The molecule has 0 atom stereocenters. The van der Waals surface area contributed by atoms with Gasteiger partial charge in [-0.3, -0.25) is 4.99 Å². The molecule has 1 aliphatic rings. The zero-order chi connectivity index (χ0) is 12.9. The molecular weight excluding hydrogens is 337 g/mol. The van der Waals surface area contributed by atoms with Crippen molar-refractivity contribution in [1.29, 1.82) is 0 Å². The summed E-state index contributed by atoms with van der Waals surface area (Å²) in [6, 6.07) is 0. The molecule has 0 saturated heterocycles. The molecule has 0 aliphatic heterocycles. The number of hydrogen-bond donors (Lipinski definition) is 1. The summed E-state index contributed by atoms with van der Waals surface area (Å²) in [6.07, 6.45) is 6.89. The summed E-state index contributed by atoms with van der Waals surface area (Å²) in [7, 11) is 5.93. The molecule has 1 saturated carbocycles. The van der Waals surface area contributed by atoms with Crippen LogP contribution < -0.4 is 5.32 Å². The average Bonchev–Trinajstić information content (AvgIpc) is 2.66.